The van der Waals surface area contributed by atoms with E-state index in [2.05, 4.69) is 11.9 Å². The Morgan fingerprint density at radius 3 is 2.57 bits per heavy atom. The van der Waals surface area contributed by atoms with Crippen LogP contribution in [0.15, 0.2) is 40.8 Å². The predicted molar refractivity (Wildman–Crippen MR) is 110 cm³/mol. The normalized spacial score (nSPS) is 10.9. The number of aromatic nitrogens is 1. The van der Waals surface area contributed by atoms with Crippen LogP contribution in [0.25, 0.3) is 11.3 Å². The molecule has 1 aromatic heterocycles. The zero-order valence-electron chi connectivity index (χ0n) is 16.4. The van der Waals surface area contributed by atoms with Gasteiger partial charge in [-0.3, -0.25) is 4.79 Å². The first kappa shape index (κ1) is 21.8. The van der Waals surface area contributed by atoms with E-state index in [-0.39, 0.29) is 12.4 Å². The SMILES string of the molecule is CCCc1oc(CCCOc2ccc(F)c(C(N)=O)c2F)nc1-c1ccc(Cl)cc1. The highest BCUT2D eigenvalue weighted by Crippen LogP contribution is 2.27. The number of carbonyl (C=O) groups is 1. The number of carbonyl (C=O) groups excluding carboxylic acids is 1. The van der Waals surface area contributed by atoms with Gasteiger partial charge in [-0.1, -0.05) is 30.7 Å². The number of nitrogens with two attached hydrogens (primary N) is 1. The summed E-state index contributed by atoms with van der Waals surface area (Å²) >= 11 is 5.96. The summed E-state index contributed by atoms with van der Waals surface area (Å²) < 4.78 is 39.0. The van der Waals surface area contributed by atoms with E-state index < -0.39 is 23.1 Å². The van der Waals surface area contributed by atoms with Gasteiger partial charge in [0.25, 0.3) is 5.91 Å². The second kappa shape index (κ2) is 9.71. The van der Waals surface area contributed by atoms with Crippen LogP contribution in [0.4, 0.5) is 8.78 Å². The maximum Gasteiger partial charge on any atom is 0.254 e. The van der Waals surface area contributed by atoms with Gasteiger partial charge in [-0.25, -0.2) is 13.8 Å². The van der Waals surface area contributed by atoms with E-state index in [0.29, 0.717) is 23.8 Å². The molecule has 0 unspecified atom stereocenters. The molecular weight excluding hydrogens is 414 g/mol. The van der Waals surface area contributed by atoms with E-state index in [9.17, 15) is 13.6 Å². The predicted octanol–water partition coefficient (Wildman–Crippen LogP) is 5.34. The van der Waals surface area contributed by atoms with Crippen LogP contribution in [0.5, 0.6) is 5.75 Å². The largest absolute Gasteiger partial charge is 0.490 e. The summed E-state index contributed by atoms with van der Waals surface area (Å²) in [6.07, 6.45) is 2.60. The Balaban J connectivity index is 1.65. The van der Waals surface area contributed by atoms with Crippen LogP contribution in [0.1, 0.15) is 41.8 Å². The molecule has 0 aliphatic rings. The molecule has 1 heterocycles. The summed E-state index contributed by atoms with van der Waals surface area (Å²) in [5, 5.41) is 0.643. The third-order valence-corrected chi connectivity index (χ3v) is 4.68. The van der Waals surface area contributed by atoms with Crippen LogP contribution in [-0.4, -0.2) is 17.5 Å². The average molecular weight is 435 g/mol. The molecule has 8 heteroatoms. The molecule has 3 rings (SSSR count). The molecule has 0 aliphatic carbocycles. The van der Waals surface area contributed by atoms with Crippen LogP contribution >= 0.6 is 11.6 Å². The van der Waals surface area contributed by atoms with Gasteiger partial charge < -0.3 is 14.9 Å². The van der Waals surface area contributed by atoms with Crippen molar-refractivity contribution in [3.63, 3.8) is 0 Å². The third kappa shape index (κ3) is 4.97. The lowest BCUT2D eigenvalue weighted by Crippen LogP contribution is -2.16. The van der Waals surface area contributed by atoms with E-state index in [1.165, 1.54) is 0 Å². The number of oxazole rings is 1. The zero-order chi connectivity index (χ0) is 21.7. The monoisotopic (exact) mass is 434 g/mol. The van der Waals surface area contributed by atoms with Crippen molar-refractivity contribution in [1.82, 2.24) is 4.98 Å². The Morgan fingerprint density at radius 1 is 1.17 bits per heavy atom. The first-order valence-corrected chi connectivity index (χ1v) is 9.93. The molecule has 0 aliphatic heterocycles. The number of ether oxygens (including phenoxy) is 1. The summed E-state index contributed by atoms with van der Waals surface area (Å²) in [7, 11) is 0. The lowest BCUT2D eigenvalue weighted by Gasteiger charge is -2.09. The van der Waals surface area contributed by atoms with Crippen molar-refractivity contribution in [3.05, 3.63) is 70.3 Å². The quantitative estimate of drug-likeness (QED) is 0.461. The van der Waals surface area contributed by atoms with E-state index in [4.69, 9.17) is 26.5 Å². The summed E-state index contributed by atoms with van der Waals surface area (Å²) in [6, 6.07) is 9.45. The number of nitrogens with zero attached hydrogens (tertiary/aromatic N) is 1. The van der Waals surface area contributed by atoms with Crippen molar-refractivity contribution in [2.75, 3.05) is 6.61 Å². The van der Waals surface area contributed by atoms with Crippen LogP contribution in [0, 0.1) is 11.6 Å². The average Bonchev–Trinajstić information content (AvgIpc) is 3.10. The number of hydrogen-bond donors (Lipinski definition) is 1. The van der Waals surface area contributed by atoms with Crippen molar-refractivity contribution in [1.29, 1.82) is 0 Å². The summed E-state index contributed by atoms with van der Waals surface area (Å²) in [5.41, 5.74) is 5.90. The highest BCUT2D eigenvalue weighted by Gasteiger charge is 2.19. The Labute approximate surface area is 177 Å². The molecule has 158 valence electrons. The van der Waals surface area contributed by atoms with Crippen molar-refractivity contribution in [2.45, 2.75) is 32.6 Å². The lowest BCUT2D eigenvalue weighted by molar-refractivity contribution is 0.0991. The van der Waals surface area contributed by atoms with Gasteiger partial charge >= 0.3 is 0 Å². The fourth-order valence-corrected chi connectivity index (χ4v) is 3.14. The van der Waals surface area contributed by atoms with Gasteiger partial charge in [0.2, 0.25) is 0 Å². The van der Waals surface area contributed by atoms with Crippen LogP contribution in [-0.2, 0) is 12.8 Å². The molecule has 1 amide bonds. The van der Waals surface area contributed by atoms with E-state index in [1.54, 1.807) is 12.1 Å². The molecule has 0 bridgehead atoms. The fourth-order valence-electron chi connectivity index (χ4n) is 3.01. The summed E-state index contributed by atoms with van der Waals surface area (Å²) in [6.45, 7) is 2.18. The molecule has 5 nitrogen and oxygen atoms in total. The second-order valence-corrected chi connectivity index (χ2v) is 7.12. The number of hydrogen-bond acceptors (Lipinski definition) is 4. The molecule has 0 spiro atoms. The number of benzene rings is 2. The minimum Gasteiger partial charge on any atom is -0.490 e. The molecule has 3 aromatic rings. The molecule has 0 atom stereocenters. The maximum atomic E-state index is 14.2. The minimum atomic E-state index is -1.19. The van der Waals surface area contributed by atoms with Gasteiger partial charge in [0.05, 0.1) is 6.61 Å². The van der Waals surface area contributed by atoms with Gasteiger partial charge in [0.1, 0.15) is 22.8 Å². The van der Waals surface area contributed by atoms with E-state index >= 15 is 0 Å². The zero-order valence-corrected chi connectivity index (χ0v) is 17.1. The first-order valence-electron chi connectivity index (χ1n) is 9.55. The third-order valence-electron chi connectivity index (χ3n) is 4.43. The topological polar surface area (TPSA) is 78.4 Å². The summed E-state index contributed by atoms with van der Waals surface area (Å²) in [4.78, 5) is 15.8. The van der Waals surface area contributed by atoms with Gasteiger partial charge in [-0.2, -0.15) is 0 Å². The van der Waals surface area contributed by atoms with Gasteiger partial charge in [0, 0.05) is 23.4 Å². The highest BCUT2D eigenvalue weighted by molar-refractivity contribution is 6.30. The Hall–Kier alpha value is -2.93. The molecule has 30 heavy (non-hydrogen) atoms. The molecule has 0 saturated carbocycles. The maximum absolute atomic E-state index is 14.2. The molecule has 2 aromatic carbocycles. The van der Waals surface area contributed by atoms with Gasteiger partial charge in [-0.05, 0) is 37.1 Å². The molecule has 0 fully saturated rings. The van der Waals surface area contributed by atoms with Crippen LogP contribution in [0.2, 0.25) is 5.02 Å². The standard InChI is InChI=1S/C22H21ClF2N2O3/c1-2-4-17-21(13-6-8-14(23)9-7-13)27-18(30-17)5-3-12-29-16-11-10-15(24)19(20(16)25)22(26)28/h6-11H,2-5,12H2,1H3,(H2,26,28). The number of amides is 1. The number of rotatable bonds is 9. The van der Waals surface area contributed by atoms with E-state index in [1.807, 2.05) is 12.1 Å². The van der Waals surface area contributed by atoms with Crippen LogP contribution in [0.3, 0.4) is 0 Å². The lowest BCUT2D eigenvalue weighted by atomic mass is 10.1. The first-order chi connectivity index (χ1) is 14.4. The van der Waals surface area contributed by atoms with Gasteiger partial charge in [0.15, 0.2) is 17.5 Å². The van der Waals surface area contributed by atoms with Crippen molar-refractivity contribution >= 4 is 17.5 Å². The highest BCUT2D eigenvalue weighted by atomic mass is 35.5. The van der Waals surface area contributed by atoms with Crippen LogP contribution < -0.4 is 10.5 Å². The van der Waals surface area contributed by atoms with Crippen molar-refractivity contribution in [2.24, 2.45) is 5.73 Å². The second-order valence-electron chi connectivity index (χ2n) is 6.69. The van der Waals surface area contributed by atoms with Crippen molar-refractivity contribution < 1.29 is 22.7 Å². The summed E-state index contributed by atoms with van der Waals surface area (Å²) in [5.74, 6) is -2.20. The molecular formula is C22H21ClF2N2O3. The van der Waals surface area contributed by atoms with Crippen molar-refractivity contribution in [3.8, 4) is 17.0 Å². The van der Waals surface area contributed by atoms with Gasteiger partial charge in [-0.15, -0.1) is 0 Å². The minimum absolute atomic E-state index is 0.128. The molecule has 2 N–H and O–H groups in total. The number of primary amides is 1. The van der Waals surface area contributed by atoms with E-state index in [0.717, 1.165) is 42.0 Å². The Kier molecular flexibility index (Phi) is 7.05. The molecule has 0 saturated heterocycles. The number of halogens is 3. The smallest absolute Gasteiger partial charge is 0.254 e. The molecule has 0 radical (unpaired) electrons. The number of aryl methyl sites for hydroxylation is 2. The fraction of sp³-hybridized carbons (Fsp3) is 0.273. The Bertz CT molecular complexity index is 1040. The Morgan fingerprint density at radius 2 is 1.90 bits per heavy atom.